The summed E-state index contributed by atoms with van der Waals surface area (Å²) in [7, 11) is 0. The highest BCUT2D eigenvalue weighted by Crippen LogP contribution is 2.37. The minimum Gasteiger partial charge on any atom is -0.508 e. The molecule has 0 radical (unpaired) electrons. The zero-order valence-electron chi connectivity index (χ0n) is 20.1. The van der Waals surface area contributed by atoms with Crippen molar-refractivity contribution in [3.63, 3.8) is 0 Å². The normalized spacial score (nSPS) is 16.8. The first-order chi connectivity index (χ1) is 16.7. The summed E-state index contributed by atoms with van der Waals surface area (Å²) in [4.78, 5) is 2.61. The van der Waals surface area contributed by atoms with Crippen LogP contribution in [0.3, 0.4) is 0 Å². The molecule has 0 spiro atoms. The quantitative estimate of drug-likeness (QED) is 0.343. The van der Waals surface area contributed by atoms with Gasteiger partial charge >= 0.3 is 0 Å². The Kier molecular flexibility index (Phi) is 8.46. The van der Waals surface area contributed by atoms with Crippen molar-refractivity contribution in [1.82, 2.24) is 4.90 Å². The van der Waals surface area contributed by atoms with Crippen molar-refractivity contribution in [2.45, 2.75) is 38.1 Å². The van der Waals surface area contributed by atoms with E-state index < -0.39 is 0 Å². The van der Waals surface area contributed by atoms with Gasteiger partial charge in [-0.1, -0.05) is 72.8 Å². The summed E-state index contributed by atoms with van der Waals surface area (Å²) in [6.45, 7) is 2.39. The molecular weight excluding hydrogens is 454 g/mol. The molecule has 3 aromatic carbocycles. The molecule has 0 aromatic heterocycles. The van der Waals surface area contributed by atoms with Gasteiger partial charge in [0.15, 0.2) is 0 Å². The maximum Gasteiger partial charge on any atom is 0.115 e. The number of phenolic OH excluding ortho intramolecular Hbond substituents is 1. The molecule has 3 aromatic rings. The third-order valence-electron chi connectivity index (χ3n) is 7.01. The standard InChI is InChI=1S/C31H33NO2.ClH/c33-22-4-7-30(25-5-2-1-3-6-25)31(27-12-16-29(34)17-13-27)26-10-8-23(9-11-26)24-18-20-32(21-19-24)28-14-15-28;/h1-3,5-6,8-13,16-18,28,33-34H,4,7,14-15,19-22H2;1H/b31-30+;. The zero-order valence-corrected chi connectivity index (χ0v) is 20.9. The summed E-state index contributed by atoms with van der Waals surface area (Å²) >= 11 is 0. The maximum atomic E-state index is 9.88. The van der Waals surface area contributed by atoms with Gasteiger partial charge < -0.3 is 10.2 Å². The van der Waals surface area contributed by atoms with Crippen molar-refractivity contribution >= 4 is 29.1 Å². The number of nitrogens with zero attached hydrogens (tertiary/aromatic N) is 1. The second-order valence-corrected chi connectivity index (χ2v) is 9.38. The van der Waals surface area contributed by atoms with Crippen molar-refractivity contribution in [2.24, 2.45) is 0 Å². The molecule has 2 N–H and O–H groups in total. The fourth-order valence-electron chi connectivity index (χ4n) is 5.02. The maximum absolute atomic E-state index is 9.88. The Hall–Kier alpha value is -2.85. The van der Waals surface area contributed by atoms with Gasteiger partial charge in [0.2, 0.25) is 0 Å². The molecule has 3 nitrogen and oxygen atoms in total. The summed E-state index contributed by atoms with van der Waals surface area (Å²) in [6.07, 6.45) is 7.73. The number of aliphatic hydroxyl groups excluding tert-OH is 1. The smallest absolute Gasteiger partial charge is 0.115 e. The number of phenols is 1. The van der Waals surface area contributed by atoms with Gasteiger partial charge in [0, 0.05) is 25.7 Å². The number of hydrogen-bond acceptors (Lipinski definition) is 3. The topological polar surface area (TPSA) is 43.7 Å². The van der Waals surface area contributed by atoms with E-state index in [1.807, 2.05) is 18.2 Å². The summed E-state index contributed by atoms with van der Waals surface area (Å²) in [5.41, 5.74) is 8.51. The molecule has 0 amide bonds. The molecule has 1 heterocycles. The molecule has 1 fully saturated rings. The van der Waals surface area contributed by atoms with Gasteiger partial charge in [-0.05, 0) is 83.2 Å². The van der Waals surface area contributed by atoms with Crippen molar-refractivity contribution in [1.29, 1.82) is 0 Å². The highest BCUT2D eigenvalue weighted by Gasteiger charge is 2.29. The van der Waals surface area contributed by atoms with E-state index in [0.717, 1.165) is 48.7 Å². The molecule has 1 aliphatic carbocycles. The number of benzene rings is 3. The van der Waals surface area contributed by atoms with Crippen LogP contribution < -0.4 is 0 Å². The lowest BCUT2D eigenvalue weighted by Gasteiger charge is -2.26. The van der Waals surface area contributed by atoms with Gasteiger partial charge in [0.05, 0.1) is 0 Å². The van der Waals surface area contributed by atoms with E-state index in [1.54, 1.807) is 12.1 Å². The molecule has 0 atom stereocenters. The first-order valence-electron chi connectivity index (χ1n) is 12.5. The number of rotatable bonds is 8. The Morgan fingerprint density at radius 2 is 1.49 bits per heavy atom. The van der Waals surface area contributed by atoms with E-state index in [0.29, 0.717) is 6.42 Å². The Balaban J connectivity index is 0.00000289. The predicted octanol–water partition coefficient (Wildman–Crippen LogP) is 6.80. The molecule has 0 bridgehead atoms. The lowest BCUT2D eigenvalue weighted by molar-refractivity contribution is 0.290. The van der Waals surface area contributed by atoms with Gasteiger partial charge in [0.25, 0.3) is 0 Å². The minimum absolute atomic E-state index is 0. The molecule has 0 saturated heterocycles. The van der Waals surface area contributed by atoms with Gasteiger partial charge in [-0.15, -0.1) is 12.4 Å². The van der Waals surface area contributed by atoms with E-state index in [2.05, 4.69) is 59.5 Å². The lowest BCUT2D eigenvalue weighted by atomic mass is 9.86. The number of hydrogen-bond donors (Lipinski definition) is 2. The number of halogens is 1. The lowest BCUT2D eigenvalue weighted by Crippen LogP contribution is -2.30. The molecule has 35 heavy (non-hydrogen) atoms. The highest BCUT2D eigenvalue weighted by atomic mass is 35.5. The third-order valence-corrected chi connectivity index (χ3v) is 7.01. The Morgan fingerprint density at radius 3 is 2.06 bits per heavy atom. The van der Waals surface area contributed by atoms with E-state index in [1.165, 1.54) is 35.1 Å². The zero-order chi connectivity index (χ0) is 23.3. The number of aromatic hydroxyl groups is 1. The minimum atomic E-state index is 0. The monoisotopic (exact) mass is 487 g/mol. The van der Waals surface area contributed by atoms with Gasteiger partial charge in [0.1, 0.15) is 5.75 Å². The van der Waals surface area contributed by atoms with Crippen LogP contribution >= 0.6 is 12.4 Å². The van der Waals surface area contributed by atoms with Crippen LogP contribution in [-0.2, 0) is 0 Å². The van der Waals surface area contributed by atoms with E-state index >= 15 is 0 Å². The molecule has 2 aliphatic rings. The van der Waals surface area contributed by atoms with Crippen molar-refractivity contribution in [2.75, 3.05) is 19.7 Å². The summed E-state index contributed by atoms with van der Waals surface area (Å²) in [5, 5.41) is 19.5. The van der Waals surface area contributed by atoms with Gasteiger partial charge in [-0.25, -0.2) is 0 Å². The molecule has 182 valence electrons. The second-order valence-electron chi connectivity index (χ2n) is 9.38. The average molecular weight is 488 g/mol. The molecule has 0 unspecified atom stereocenters. The highest BCUT2D eigenvalue weighted by molar-refractivity contribution is 5.98. The fraction of sp³-hybridized carbons (Fsp3) is 0.290. The summed E-state index contributed by atoms with van der Waals surface area (Å²) in [5.74, 6) is 0.263. The van der Waals surface area contributed by atoms with Crippen molar-refractivity contribution < 1.29 is 10.2 Å². The predicted molar refractivity (Wildman–Crippen MR) is 148 cm³/mol. The first kappa shape index (κ1) is 25.2. The Morgan fingerprint density at radius 1 is 0.829 bits per heavy atom. The SMILES string of the molecule is Cl.OCCC/C(=C(\c1ccc(O)cc1)c1ccc(C2=CCN(C3CC3)CC2)cc1)c1ccccc1. The van der Waals surface area contributed by atoms with Crippen LogP contribution in [0.25, 0.3) is 16.7 Å². The van der Waals surface area contributed by atoms with E-state index in [-0.39, 0.29) is 24.8 Å². The molecule has 4 heteroatoms. The molecular formula is C31H34ClNO2. The van der Waals surface area contributed by atoms with E-state index in [9.17, 15) is 10.2 Å². The van der Waals surface area contributed by atoms with Crippen LogP contribution in [0.4, 0.5) is 0 Å². The van der Waals surface area contributed by atoms with Crippen LogP contribution in [0.1, 0.15) is 54.4 Å². The number of aliphatic hydroxyl groups is 1. The molecule has 5 rings (SSSR count). The van der Waals surface area contributed by atoms with Crippen molar-refractivity contribution in [3.05, 3.63) is 107 Å². The van der Waals surface area contributed by atoms with Crippen molar-refractivity contribution in [3.8, 4) is 5.75 Å². The van der Waals surface area contributed by atoms with Crippen LogP contribution in [0, 0.1) is 0 Å². The molecule has 1 saturated carbocycles. The average Bonchev–Trinajstić information content (AvgIpc) is 3.74. The largest absolute Gasteiger partial charge is 0.508 e. The summed E-state index contributed by atoms with van der Waals surface area (Å²) in [6, 6.07) is 27.7. The summed E-state index contributed by atoms with van der Waals surface area (Å²) < 4.78 is 0. The van der Waals surface area contributed by atoms with Crippen LogP contribution in [-0.4, -0.2) is 40.9 Å². The van der Waals surface area contributed by atoms with E-state index in [4.69, 9.17) is 0 Å². The van der Waals surface area contributed by atoms with Crippen LogP contribution in [0.15, 0.2) is 84.9 Å². The molecule has 1 aliphatic heterocycles. The van der Waals surface area contributed by atoms with Gasteiger partial charge in [-0.3, -0.25) is 4.90 Å². The number of allylic oxidation sites excluding steroid dienone is 1. The third kappa shape index (κ3) is 6.05. The van der Waals surface area contributed by atoms with Crippen LogP contribution in [0.2, 0.25) is 0 Å². The Labute approximate surface area is 214 Å². The van der Waals surface area contributed by atoms with Crippen LogP contribution in [0.5, 0.6) is 5.75 Å². The fourth-order valence-corrected chi connectivity index (χ4v) is 5.02. The van der Waals surface area contributed by atoms with Gasteiger partial charge in [-0.2, -0.15) is 0 Å². The first-order valence-corrected chi connectivity index (χ1v) is 12.5. The second kappa shape index (κ2) is 11.7. The Bertz CT molecular complexity index is 1160.